The van der Waals surface area contributed by atoms with Crippen LogP contribution in [0, 0.1) is 11.3 Å². The van der Waals surface area contributed by atoms with Gasteiger partial charge in [0.2, 0.25) is 0 Å². The quantitative estimate of drug-likeness (QED) is 0.867. The molecule has 1 aliphatic heterocycles. The molecule has 2 aromatic rings. The van der Waals surface area contributed by atoms with Gasteiger partial charge in [-0.25, -0.2) is 0 Å². The minimum atomic E-state index is 0.289. The average molecular weight is 307 g/mol. The second-order valence-corrected chi connectivity index (χ2v) is 5.89. The minimum Gasteiger partial charge on any atom is -0.296 e. The summed E-state index contributed by atoms with van der Waals surface area (Å²) in [6, 6.07) is 10.4. The molecule has 23 heavy (non-hydrogen) atoms. The molecule has 1 aromatic heterocycles. The van der Waals surface area contributed by atoms with Crippen LogP contribution in [0.5, 0.6) is 0 Å². The summed E-state index contributed by atoms with van der Waals surface area (Å²) < 4.78 is 0. The van der Waals surface area contributed by atoms with Gasteiger partial charge in [-0.1, -0.05) is 18.2 Å². The molecule has 2 heterocycles. The summed E-state index contributed by atoms with van der Waals surface area (Å²) in [5, 5.41) is 9.20. The molecule has 3 rings (SSSR count). The Kier molecular flexibility index (Phi) is 4.96. The second kappa shape index (κ2) is 7.32. The highest BCUT2D eigenvalue weighted by atomic mass is 15.3. The number of rotatable bonds is 4. The lowest BCUT2D eigenvalue weighted by atomic mass is 10.1. The van der Waals surface area contributed by atoms with E-state index in [4.69, 9.17) is 0 Å². The third kappa shape index (κ3) is 3.73. The molecular formula is C18H21N5. The topological polar surface area (TPSA) is 56.1 Å². The molecule has 5 nitrogen and oxygen atoms in total. The Morgan fingerprint density at radius 3 is 2.65 bits per heavy atom. The molecular weight excluding hydrogens is 286 g/mol. The molecule has 0 spiro atoms. The Balaban J connectivity index is 1.58. The van der Waals surface area contributed by atoms with Crippen molar-refractivity contribution < 1.29 is 0 Å². The van der Waals surface area contributed by atoms with Crippen molar-refractivity contribution in [3.05, 3.63) is 59.7 Å². The van der Waals surface area contributed by atoms with Crippen LogP contribution < -0.4 is 0 Å². The van der Waals surface area contributed by atoms with E-state index in [1.165, 1.54) is 0 Å². The van der Waals surface area contributed by atoms with Gasteiger partial charge < -0.3 is 0 Å². The predicted octanol–water partition coefficient (Wildman–Crippen LogP) is 2.23. The van der Waals surface area contributed by atoms with Crippen molar-refractivity contribution in [1.82, 2.24) is 19.8 Å². The third-order valence-corrected chi connectivity index (χ3v) is 4.50. The molecule has 5 heteroatoms. The van der Waals surface area contributed by atoms with E-state index in [-0.39, 0.29) is 6.04 Å². The molecule has 1 aromatic carbocycles. The first kappa shape index (κ1) is 15.6. The number of nitrogens with zero attached hydrogens (tertiary/aromatic N) is 5. The molecule has 0 bridgehead atoms. The van der Waals surface area contributed by atoms with E-state index in [9.17, 15) is 5.26 Å². The molecule has 0 N–H and O–H groups in total. The average Bonchev–Trinajstić information content (AvgIpc) is 2.63. The number of hydrogen-bond donors (Lipinski definition) is 0. The zero-order valence-electron chi connectivity index (χ0n) is 13.4. The summed E-state index contributed by atoms with van der Waals surface area (Å²) in [5.74, 6) is 0. The fourth-order valence-electron chi connectivity index (χ4n) is 3.03. The SMILES string of the molecule is CC(c1cnccn1)N1CCN(Cc2ccccc2C#N)CC1. The van der Waals surface area contributed by atoms with Gasteiger partial charge in [0.1, 0.15) is 0 Å². The lowest BCUT2D eigenvalue weighted by molar-refractivity contribution is 0.0962. The largest absolute Gasteiger partial charge is 0.296 e. The molecule has 1 aliphatic rings. The highest BCUT2D eigenvalue weighted by Crippen LogP contribution is 2.20. The van der Waals surface area contributed by atoms with Crippen LogP contribution >= 0.6 is 0 Å². The van der Waals surface area contributed by atoms with Crippen LogP contribution in [-0.2, 0) is 6.54 Å². The van der Waals surface area contributed by atoms with Gasteiger partial charge >= 0.3 is 0 Å². The van der Waals surface area contributed by atoms with E-state index < -0.39 is 0 Å². The first-order valence-electron chi connectivity index (χ1n) is 7.98. The highest BCUT2D eigenvalue weighted by molar-refractivity contribution is 5.37. The lowest BCUT2D eigenvalue weighted by Gasteiger charge is -2.37. The van der Waals surface area contributed by atoms with Gasteiger partial charge in [0.15, 0.2) is 0 Å². The molecule has 0 radical (unpaired) electrons. The van der Waals surface area contributed by atoms with Gasteiger partial charge in [0.05, 0.1) is 23.4 Å². The molecule has 0 saturated carbocycles. The molecule has 1 unspecified atom stereocenters. The van der Waals surface area contributed by atoms with E-state index in [0.29, 0.717) is 0 Å². The smallest absolute Gasteiger partial charge is 0.0995 e. The van der Waals surface area contributed by atoms with Crippen LogP contribution in [0.3, 0.4) is 0 Å². The first-order valence-corrected chi connectivity index (χ1v) is 7.98. The fourth-order valence-corrected chi connectivity index (χ4v) is 3.03. The summed E-state index contributed by atoms with van der Waals surface area (Å²) >= 11 is 0. The Labute approximate surface area is 137 Å². The van der Waals surface area contributed by atoms with Crippen molar-refractivity contribution in [3.8, 4) is 6.07 Å². The van der Waals surface area contributed by atoms with Crippen LogP contribution in [0.2, 0.25) is 0 Å². The standard InChI is InChI=1S/C18H21N5/c1-15(18-13-20-6-7-21-18)23-10-8-22(9-11-23)14-17-5-3-2-4-16(17)12-19/h2-7,13,15H,8-11,14H2,1H3. The van der Waals surface area contributed by atoms with Gasteiger partial charge in [0.25, 0.3) is 0 Å². The monoisotopic (exact) mass is 307 g/mol. The van der Waals surface area contributed by atoms with Crippen LogP contribution in [-0.4, -0.2) is 45.9 Å². The van der Waals surface area contributed by atoms with Crippen molar-refractivity contribution in [2.45, 2.75) is 19.5 Å². The maximum Gasteiger partial charge on any atom is 0.0995 e. The number of piperazine rings is 1. The maximum absolute atomic E-state index is 9.20. The first-order chi connectivity index (χ1) is 11.3. The number of hydrogen-bond acceptors (Lipinski definition) is 5. The molecule has 0 aliphatic carbocycles. The second-order valence-electron chi connectivity index (χ2n) is 5.89. The molecule has 1 saturated heterocycles. The Morgan fingerprint density at radius 1 is 1.17 bits per heavy atom. The van der Waals surface area contributed by atoms with Gasteiger partial charge in [-0.15, -0.1) is 0 Å². The van der Waals surface area contributed by atoms with E-state index in [2.05, 4.69) is 32.8 Å². The number of benzene rings is 1. The van der Waals surface area contributed by atoms with Gasteiger partial charge in [-0.05, 0) is 18.6 Å². The van der Waals surface area contributed by atoms with Crippen LogP contribution in [0.4, 0.5) is 0 Å². The van der Waals surface area contributed by atoms with Crippen LogP contribution in [0.25, 0.3) is 0 Å². The zero-order chi connectivity index (χ0) is 16.1. The Bertz CT molecular complexity index is 671. The molecule has 118 valence electrons. The van der Waals surface area contributed by atoms with Gasteiger partial charge in [-0.2, -0.15) is 5.26 Å². The van der Waals surface area contributed by atoms with E-state index >= 15 is 0 Å². The zero-order valence-corrected chi connectivity index (χ0v) is 13.4. The van der Waals surface area contributed by atoms with Crippen molar-refractivity contribution in [3.63, 3.8) is 0 Å². The lowest BCUT2D eigenvalue weighted by Crippen LogP contribution is -2.46. The summed E-state index contributed by atoms with van der Waals surface area (Å²) in [7, 11) is 0. The summed E-state index contributed by atoms with van der Waals surface area (Å²) in [5.41, 5.74) is 2.92. The number of nitriles is 1. The summed E-state index contributed by atoms with van der Waals surface area (Å²) in [6.45, 7) is 7.05. The van der Waals surface area contributed by atoms with Crippen LogP contribution in [0.1, 0.15) is 29.8 Å². The van der Waals surface area contributed by atoms with Crippen molar-refractivity contribution in [1.29, 1.82) is 5.26 Å². The van der Waals surface area contributed by atoms with Gasteiger partial charge in [0, 0.05) is 51.3 Å². The summed E-state index contributed by atoms with van der Waals surface area (Å²) in [6.07, 6.45) is 5.31. The highest BCUT2D eigenvalue weighted by Gasteiger charge is 2.23. The summed E-state index contributed by atoms with van der Waals surface area (Å²) in [4.78, 5) is 13.4. The van der Waals surface area contributed by atoms with Crippen LogP contribution in [0.15, 0.2) is 42.9 Å². The van der Waals surface area contributed by atoms with E-state index in [1.807, 2.05) is 30.5 Å². The normalized spacial score (nSPS) is 17.6. The predicted molar refractivity (Wildman–Crippen MR) is 88.5 cm³/mol. The third-order valence-electron chi connectivity index (χ3n) is 4.50. The Hall–Kier alpha value is -2.29. The fraction of sp³-hybridized carbons (Fsp3) is 0.389. The maximum atomic E-state index is 9.20. The van der Waals surface area contributed by atoms with Crippen molar-refractivity contribution >= 4 is 0 Å². The Morgan fingerprint density at radius 2 is 1.96 bits per heavy atom. The van der Waals surface area contributed by atoms with Crippen molar-refractivity contribution in [2.75, 3.05) is 26.2 Å². The van der Waals surface area contributed by atoms with Gasteiger partial charge in [-0.3, -0.25) is 19.8 Å². The van der Waals surface area contributed by atoms with E-state index in [0.717, 1.165) is 49.5 Å². The number of aromatic nitrogens is 2. The van der Waals surface area contributed by atoms with Crippen molar-refractivity contribution in [2.24, 2.45) is 0 Å². The van der Waals surface area contributed by atoms with E-state index in [1.54, 1.807) is 12.4 Å². The molecule has 1 atom stereocenters. The molecule has 1 fully saturated rings. The minimum absolute atomic E-state index is 0.289. The molecule has 0 amide bonds.